The molecule has 2 rings (SSSR count). The highest BCUT2D eigenvalue weighted by molar-refractivity contribution is 7.99. The van der Waals surface area contributed by atoms with E-state index in [0.717, 1.165) is 11.3 Å². The molecule has 2 atom stereocenters. The first-order valence-electron chi connectivity index (χ1n) is 5.55. The number of nitrogens with one attached hydrogen (secondary N) is 1. The molecular weight excluding hydrogens is 234 g/mol. The number of amides is 1. The summed E-state index contributed by atoms with van der Waals surface area (Å²) in [6.07, 6.45) is 2.85. The zero-order valence-corrected chi connectivity index (χ0v) is 10.2. The second kappa shape index (κ2) is 5.89. The molecule has 0 aliphatic carbocycles. The number of aliphatic hydroxyl groups excluding tert-OH is 1. The van der Waals surface area contributed by atoms with Crippen molar-refractivity contribution < 1.29 is 9.90 Å². The number of benzene rings is 1. The van der Waals surface area contributed by atoms with E-state index in [2.05, 4.69) is 5.32 Å². The van der Waals surface area contributed by atoms with Crippen LogP contribution in [0.25, 0.3) is 6.08 Å². The van der Waals surface area contributed by atoms with Gasteiger partial charge < -0.3 is 10.4 Å². The van der Waals surface area contributed by atoms with Crippen molar-refractivity contribution >= 4 is 23.7 Å². The average Bonchev–Trinajstić information content (AvgIpc) is 2.74. The third-order valence-electron chi connectivity index (χ3n) is 2.60. The van der Waals surface area contributed by atoms with Crippen LogP contribution >= 0.6 is 11.8 Å². The fourth-order valence-electron chi connectivity index (χ4n) is 1.65. The summed E-state index contributed by atoms with van der Waals surface area (Å²) in [5.74, 6) is 1.33. The molecule has 3 nitrogen and oxygen atoms in total. The Morgan fingerprint density at radius 1 is 1.35 bits per heavy atom. The molecule has 1 fully saturated rings. The lowest BCUT2D eigenvalue weighted by atomic mass is 10.2. The van der Waals surface area contributed by atoms with Crippen LogP contribution in [0, 0.1) is 0 Å². The number of carbonyl (C=O) groups is 1. The summed E-state index contributed by atoms with van der Waals surface area (Å²) in [6.45, 7) is 0. The summed E-state index contributed by atoms with van der Waals surface area (Å²) < 4.78 is 0. The quantitative estimate of drug-likeness (QED) is 0.794. The highest BCUT2D eigenvalue weighted by atomic mass is 32.2. The molecule has 1 aromatic carbocycles. The van der Waals surface area contributed by atoms with Crippen molar-refractivity contribution in [2.75, 3.05) is 11.5 Å². The standard InChI is InChI=1S/C13H15NO2S/c15-12-9-17-8-11(12)14-13(16)7-6-10-4-2-1-3-5-10/h1-7,11-12,15H,8-9H2,(H,14,16)/b7-6+/t11-,12+/m0/s1. The highest BCUT2D eigenvalue weighted by Gasteiger charge is 2.26. The van der Waals surface area contributed by atoms with Gasteiger partial charge in [0.25, 0.3) is 0 Å². The maximum absolute atomic E-state index is 11.6. The van der Waals surface area contributed by atoms with E-state index in [0.29, 0.717) is 5.75 Å². The van der Waals surface area contributed by atoms with E-state index in [1.165, 1.54) is 6.08 Å². The number of hydrogen-bond acceptors (Lipinski definition) is 3. The third kappa shape index (κ3) is 3.61. The predicted octanol–water partition coefficient (Wildman–Crippen LogP) is 1.29. The molecule has 4 heteroatoms. The molecule has 1 heterocycles. The van der Waals surface area contributed by atoms with Crippen LogP contribution in [0.2, 0.25) is 0 Å². The molecule has 1 saturated heterocycles. The van der Waals surface area contributed by atoms with E-state index < -0.39 is 6.10 Å². The van der Waals surface area contributed by atoms with E-state index in [-0.39, 0.29) is 11.9 Å². The molecule has 1 aliphatic heterocycles. The number of carbonyl (C=O) groups excluding carboxylic acids is 1. The van der Waals surface area contributed by atoms with Gasteiger partial charge in [0, 0.05) is 17.6 Å². The number of thioether (sulfide) groups is 1. The molecule has 0 aromatic heterocycles. The van der Waals surface area contributed by atoms with E-state index >= 15 is 0 Å². The number of hydrogen-bond donors (Lipinski definition) is 2. The molecule has 90 valence electrons. The molecular formula is C13H15NO2S. The van der Waals surface area contributed by atoms with Gasteiger partial charge in [0.1, 0.15) is 0 Å². The minimum Gasteiger partial charge on any atom is -0.390 e. The van der Waals surface area contributed by atoms with Gasteiger partial charge in [0.15, 0.2) is 0 Å². The maximum Gasteiger partial charge on any atom is 0.244 e. The highest BCUT2D eigenvalue weighted by Crippen LogP contribution is 2.17. The molecule has 2 N–H and O–H groups in total. The topological polar surface area (TPSA) is 49.3 Å². The van der Waals surface area contributed by atoms with Gasteiger partial charge in [-0.2, -0.15) is 11.8 Å². The average molecular weight is 249 g/mol. The number of rotatable bonds is 3. The Bertz CT molecular complexity index is 405. The van der Waals surface area contributed by atoms with Crippen molar-refractivity contribution in [2.24, 2.45) is 0 Å². The lowest BCUT2D eigenvalue weighted by Crippen LogP contribution is -2.41. The van der Waals surface area contributed by atoms with Crippen molar-refractivity contribution in [3.05, 3.63) is 42.0 Å². The Morgan fingerprint density at radius 3 is 2.76 bits per heavy atom. The first-order valence-corrected chi connectivity index (χ1v) is 6.70. The van der Waals surface area contributed by atoms with Crippen LogP contribution in [0.5, 0.6) is 0 Å². The van der Waals surface area contributed by atoms with E-state index in [4.69, 9.17) is 0 Å². The van der Waals surface area contributed by atoms with Crippen LogP contribution in [0.1, 0.15) is 5.56 Å². The Morgan fingerprint density at radius 2 is 2.12 bits per heavy atom. The summed E-state index contributed by atoms with van der Waals surface area (Å²) >= 11 is 1.66. The van der Waals surface area contributed by atoms with Crippen molar-refractivity contribution in [3.63, 3.8) is 0 Å². The number of aliphatic hydroxyl groups is 1. The van der Waals surface area contributed by atoms with Crippen LogP contribution in [0.15, 0.2) is 36.4 Å². The SMILES string of the molecule is O=C(/C=C/c1ccccc1)N[C@H]1CSC[C@H]1O. The molecule has 0 spiro atoms. The molecule has 0 bridgehead atoms. The molecule has 0 radical (unpaired) electrons. The fraction of sp³-hybridized carbons (Fsp3) is 0.308. The molecule has 0 saturated carbocycles. The smallest absolute Gasteiger partial charge is 0.244 e. The fourth-order valence-corrected chi connectivity index (χ4v) is 2.82. The predicted molar refractivity (Wildman–Crippen MR) is 70.7 cm³/mol. The van der Waals surface area contributed by atoms with Gasteiger partial charge in [0.05, 0.1) is 12.1 Å². The van der Waals surface area contributed by atoms with E-state index in [1.54, 1.807) is 17.8 Å². The summed E-state index contributed by atoms with van der Waals surface area (Å²) in [5.41, 5.74) is 0.990. The Balaban J connectivity index is 1.87. The lowest BCUT2D eigenvalue weighted by molar-refractivity contribution is -0.117. The van der Waals surface area contributed by atoms with Crippen molar-refractivity contribution in [3.8, 4) is 0 Å². The molecule has 0 unspecified atom stereocenters. The van der Waals surface area contributed by atoms with E-state index in [1.807, 2.05) is 30.3 Å². The summed E-state index contributed by atoms with van der Waals surface area (Å²) in [4.78, 5) is 11.6. The first kappa shape index (κ1) is 12.2. The minimum absolute atomic E-state index is 0.118. The van der Waals surface area contributed by atoms with Crippen molar-refractivity contribution in [2.45, 2.75) is 12.1 Å². The van der Waals surface area contributed by atoms with Crippen LogP contribution in [-0.4, -0.2) is 34.7 Å². The molecule has 1 aliphatic rings. The van der Waals surface area contributed by atoms with E-state index in [9.17, 15) is 9.90 Å². The summed E-state index contributed by atoms with van der Waals surface area (Å²) in [6, 6.07) is 9.54. The largest absolute Gasteiger partial charge is 0.390 e. The van der Waals surface area contributed by atoms with Gasteiger partial charge >= 0.3 is 0 Å². The normalized spacial score (nSPS) is 24.1. The second-order valence-corrected chi connectivity index (χ2v) is 5.04. The molecule has 1 aromatic rings. The second-order valence-electron chi connectivity index (χ2n) is 3.96. The van der Waals surface area contributed by atoms with Gasteiger partial charge in [-0.25, -0.2) is 0 Å². The lowest BCUT2D eigenvalue weighted by Gasteiger charge is -2.13. The van der Waals surface area contributed by atoms with Crippen molar-refractivity contribution in [1.29, 1.82) is 0 Å². The van der Waals surface area contributed by atoms with Crippen molar-refractivity contribution in [1.82, 2.24) is 5.32 Å². The van der Waals surface area contributed by atoms with Crippen LogP contribution in [-0.2, 0) is 4.79 Å². The Hall–Kier alpha value is -1.26. The maximum atomic E-state index is 11.6. The molecule has 17 heavy (non-hydrogen) atoms. The first-order chi connectivity index (χ1) is 8.25. The van der Waals surface area contributed by atoms with Gasteiger partial charge in [-0.3, -0.25) is 4.79 Å². The zero-order valence-electron chi connectivity index (χ0n) is 9.37. The van der Waals surface area contributed by atoms with Crippen LogP contribution in [0.4, 0.5) is 0 Å². The zero-order chi connectivity index (χ0) is 12.1. The Kier molecular flexibility index (Phi) is 4.23. The third-order valence-corrected chi connectivity index (χ3v) is 3.78. The van der Waals surface area contributed by atoms with Crippen LogP contribution < -0.4 is 5.32 Å². The summed E-state index contributed by atoms with van der Waals surface area (Å²) in [5, 5.41) is 12.4. The van der Waals surface area contributed by atoms with Gasteiger partial charge in [-0.15, -0.1) is 0 Å². The Labute approximate surface area is 105 Å². The summed E-state index contributed by atoms with van der Waals surface area (Å²) in [7, 11) is 0. The monoisotopic (exact) mass is 249 g/mol. The minimum atomic E-state index is -0.422. The van der Waals surface area contributed by atoms with Gasteiger partial charge in [-0.05, 0) is 11.6 Å². The van der Waals surface area contributed by atoms with Gasteiger partial charge in [0.2, 0.25) is 5.91 Å². The van der Waals surface area contributed by atoms with Gasteiger partial charge in [-0.1, -0.05) is 30.3 Å². The molecule has 1 amide bonds. The van der Waals surface area contributed by atoms with Crippen LogP contribution in [0.3, 0.4) is 0 Å².